The van der Waals surface area contributed by atoms with Crippen LogP contribution in [0, 0.1) is 6.92 Å². The lowest BCUT2D eigenvalue weighted by Gasteiger charge is -2.31. The smallest absolute Gasteiger partial charge is 0.295 e. The summed E-state index contributed by atoms with van der Waals surface area (Å²) in [7, 11) is 3.07. The van der Waals surface area contributed by atoms with E-state index in [-0.39, 0.29) is 11.3 Å². The Morgan fingerprint density at radius 2 is 1.70 bits per heavy atom. The topological polar surface area (TPSA) is 97.8 Å². The predicted molar refractivity (Wildman–Crippen MR) is 138 cm³/mol. The molecule has 0 bridgehead atoms. The van der Waals surface area contributed by atoms with Crippen LogP contribution in [0.3, 0.4) is 0 Å². The molecule has 0 aliphatic carbocycles. The maximum Gasteiger partial charge on any atom is 0.295 e. The van der Waals surface area contributed by atoms with Crippen molar-refractivity contribution in [1.29, 1.82) is 0 Å². The van der Waals surface area contributed by atoms with Gasteiger partial charge in [0.1, 0.15) is 11.5 Å². The van der Waals surface area contributed by atoms with Gasteiger partial charge in [-0.05, 0) is 55.3 Å². The highest BCUT2D eigenvalue weighted by atomic mass is 16.5. The van der Waals surface area contributed by atoms with Gasteiger partial charge in [-0.15, -0.1) is 0 Å². The first-order chi connectivity index (χ1) is 17.9. The van der Waals surface area contributed by atoms with Crippen molar-refractivity contribution in [3.8, 4) is 17.2 Å². The first-order valence-corrected chi connectivity index (χ1v) is 12.4. The number of hydrogen-bond donors (Lipinski definition) is 1. The third-order valence-electron chi connectivity index (χ3n) is 6.77. The number of Topliss-reactive ketones (excluding diaryl/α,β-unsaturated/α-hetero) is 1. The number of benzene rings is 2. The Morgan fingerprint density at radius 3 is 2.35 bits per heavy atom. The minimum Gasteiger partial charge on any atom is -0.507 e. The van der Waals surface area contributed by atoms with E-state index in [0.717, 1.165) is 18.7 Å². The monoisotopic (exact) mass is 510 g/mol. The van der Waals surface area contributed by atoms with Crippen LogP contribution in [-0.4, -0.2) is 86.8 Å². The van der Waals surface area contributed by atoms with Crippen LogP contribution in [0.5, 0.6) is 17.2 Å². The van der Waals surface area contributed by atoms with Crippen molar-refractivity contribution in [3.05, 3.63) is 58.7 Å². The Morgan fingerprint density at radius 1 is 1.00 bits per heavy atom. The molecule has 2 fully saturated rings. The van der Waals surface area contributed by atoms with Gasteiger partial charge in [0.05, 0.1) is 45.7 Å². The van der Waals surface area contributed by atoms with Gasteiger partial charge in [0, 0.05) is 31.7 Å². The molecule has 2 aliphatic rings. The Labute approximate surface area is 217 Å². The molecule has 0 aromatic heterocycles. The molecule has 37 heavy (non-hydrogen) atoms. The second kappa shape index (κ2) is 11.7. The highest BCUT2D eigenvalue weighted by Gasteiger charge is 2.46. The number of aliphatic hydroxyl groups excluding tert-OH is 1. The number of likely N-dealkylation sites (tertiary alicyclic amines) is 1. The molecular formula is C28H34N2O7. The van der Waals surface area contributed by atoms with Gasteiger partial charge in [-0.2, -0.15) is 0 Å². The number of carbonyl (C=O) groups excluding carboxylic acids is 2. The van der Waals surface area contributed by atoms with Gasteiger partial charge in [-0.25, -0.2) is 0 Å². The first-order valence-electron chi connectivity index (χ1n) is 12.4. The lowest BCUT2D eigenvalue weighted by Crippen LogP contribution is -2.42. The molecule has 2 heterocycles. The molecule has 9 heteroatoms. The Balaban J connectivity index is 1.78. The third-order valence-corrected chi connectivity index (χ3v) is 6.77. The highest BCUT2D eigenvalue weighted by molar-refractivity contribution is 6.46. The van der Waals surface area contributed by atoms with Gasteiger partial charge >= 0.3 is 0 Å². The molecule has 2 aliphatic heterocycles. The molecule has 2 aromatic rings. The van der Waals surface area contributed by atoms with Gasteiger partial charge in [0.15, 0.2) is 11.5 Å². The van der Waals surface area contributed by atoms with Gasteiger partial charge in [0.2, 0.25) is 0 Å². The molecule has 1 N–H and O–H groups in total. The average molecular weight is 511 g/mol. The number of methoxy groups -OCH3 is 2. The van der Waals surface area contributed by atoms with Crippen LogP contribution in [0.15, 0.2) is 42.0 Å². The van der Waals surface area contributed by atoms with Crippen molar-refractivity contribution >= 4 is 17.4 Å². The second-order valence-electron chi connectivity index (χ2n) is 8.97. The molecule has 1 atom stereocenters. The quantitative estimate of drug-likeness (QED) is 0.312. The third kappa shape index (κ3) is 5.42. The molecule has 198 valence electrons. The summed E-state index contributed by atoms with van der Waals surface area (Å²) < 4.78 is 21.9. The van der Waals surface area contributed by atoms with E-state index in [4.69, 9.17) is 18.9 Å². The molecule has 4 rings (SSSR count). The largest absolute Gasteiger partial charge is 0.507 e. The van der Waals surface area contributed by atoms with Crippen LogP contribution in [0.2, 0.25) is 0 Å². The fourth-order valence-corrected chi connectivity index (χ4v) is 4.82. The number of ether oxygens (including phenoxy) is 4. The zero-order chi connectivity index (χ0) is 26.5. The van der Waals surface area contributed by atoms with Crippen LogP contribution in [0.1, 0.15) is 29.7 Å². The summed E-state index contributed by atoms with van der Waals surface area (Å²) in [5.74, 6) is 0.108. The van der Waals surface area contributed by atoms with Crippen LogP contribution in [0.4, 0.5) is 0 Å². The van der Waals surface area contributed by atoms with Crippen LogP contribution >= 0.6 is 0 Å². The van der Waals surface area contributed by atoms with E-state index in [9.17, 15) is 14.7 Å². The molecule has 9 nitrogen and oxygen atoms in total. The maximum absolute atomic E-state index is 13.4. The standard InChI is InChI=1S/C28H34N2O7/c1-5-37-21-8-7-20(16-18(21)2)26(31)24-25(19-6-9-22(34-3)23(17-19)35-4)30(28(33)27(24)32)11-10-29-12-14-36-15-13-29/h6-9,16-17,25,31H,5,10-15H2,1-4H3/b26-24+. The molecule has 0 radical (unpaired) electrons. The van der Waals surface area contributed by atoms with Crippen LogP contribution in [0.25, 0.3) is 5.76 Å². The average Bonchev–Trinajstić information content (AvgIpc) is 3.17. The number of aryl methyl sites for hydroxylation is 1. The van der Waals surface area contributed by atoms with E-state index in [1.807, 2.05) is 13.8 Å². The number of morpholine rings is 1. The van der Waals surface area contributed by atoms with Gasteiger partial charge in [-0.3, -0.25) is 14.5 Å². The van der Waals surface area contributed by atoms with Gasteiger partial charge in [-0.1, -0.05) is 6.07 Å². The van der Waals surface area contributed by atoms with E-state index in [1.165, 1.54) is 12.0 Å². The number of carbonyl (C=O) groups is 2. The number of rotatable bonds is 9. The SMILES string of the molecule is CCOc1ccc(/C(O)=C2\C(=O)C(=O)N(CCN3CCOCC3)C2c2ccc(OC)c(OC)c2)cc1C. The summed E-state index contributed by atoms with van der Waals surface area (Å²) in [6, 6.07) is 9.69. The number of ketones is 1. The zero-order valence-corrected chi connectivity index (χ0v) is 21.8. The lowest BCUT2D eigenvalue weighted by molar-refractivity contribution is -0.140. The Bertz CT molecular complexity index is 1190. The summed E-state index contributed by atoms with van der Waals surface area (Å²) in [6.45, 7) is 7.98. The molecule has 2 saturated heterocycles. The number of aliphatic hydroxyl groups is 1. The zero-order valence-electron chi connectivity index (χ0n) is 21.8. The van der Waals surface area contributed by atoms with Crippen molar-refractivity contribution < 1.29 is 33.6 Å². The number of hydrogen-bond acceptors (Lipinski definition) is 8. The van der Waals surface area contributed by atoms with E-state index in [0.29, 0.717) is 61.3 Å². The minimum atomic E-state index is -0.785. The summed E-state index contributed by atoms with van der Waals surface area (Å²) in [6.07, 6.45) is 0. The van der Waals surface area contributed by atoms with Crippen molar-refractivity contribution in [2.24, 2.45) is 0 Å². The summed E-state index contributed by atoms with van der Waals surface area (Å²) in [5, 5.41) is 11.4. The minimum absolute atomic E-state index is 0.0442. The maximum atomic E-state index is 13.4. The Kier molecular flexibility index (Phi) is 8.35. The van der Waals surface area contributed by atoms with Gasteiger partial charge < -0.3 is 29.0 Å². The van der Waals surface area contributed by atoms with Crippen LogP contribution in [-0.2, 0) is 14.3 Å². The molecular weight excluding hydrogens is 476 g/mol. The van der Waals surface area contributed by atoms with Crippen molar-refractivity contribution in [2.45, 2.75) is 19.9 Å². The molecule has 1 amide bonds. The van der Waals surface area contributed by atoms with E-state index < -0.39 is 17.7 Å². The number of nitrogens with zero attached hydrogens (tertiary/aromatic N) is 2. The summed E-state index contributed by atoms with van der Waals surface area (Å²) in [5.41, 5.74) is 1.94. The van der Waals surface area contributed by atoms with Crippen molar-refractivity contribution in [2.75, 3.05) is 60.2 Å². The normalized spacial score (nSPS) is 19.8. The fraction of sp³-hybridized carbons (Fsp3) is 0.429. The lowest BCUT2D eigenvalue weighted by atomic mass is 9.94. The van der Waals surface area contributed by atoms with Crippen molar-refractivity contribution in [3.63, 3.8) is 0 Å². The van der Waals surface area contributed by atoms with E-state index in [1.54, 1.807) is 43.5 Å². The molecule has 2 aromatic carbocycles. The molecule has 0 spiro atoms. The van der Waals surface area contributed by atoms with Gasteiger partial charge in [0.25, 0.3) is 11.7 Å². The highest BCUT2D eigenvalue weighted by Crippen LogP contribution is 2.42. The Hall–Kier alpha value is -3.56. The molecule has 1 unspecified atom stereocenters. The summed E-state index contributed by atoms with van der Waals surface area (Å²) >= 11 is 0. The van der Waals surface area contributed by atoms with Crippen LogP contribution < -0.4 is 14.2 Å². The predicted octanol–water partition coefficient (Wildman–Crippen LogP) is 3.16. The molecule has 0 saturated carbocycles. The summed E-state index contributed by atoms with van der Waals surface area (Å²) in [4.78, 5) is 30.4. The number of amides is 1. The first kappa shape index (κ1) is 26.5. The van der Waals surface area contributed by atoms with E-state index in [2.05, 4.69) is 4.90 Å². The van der Waals surface area contributed by atoms with Crippen molar-refractivity contribution in [1.82, 2.24) is 9.80 Å². The van der Waals surface area contributed by atoms with E-state index >= 15 is 0 Å². The fourth-order valence-electron chi connectivity index (χ4n) is 4.82. The second-order valence-corrected chi connectivity index (χ2v) is 8.97.